The van der Waals surface area contributed by atoms with Gasteiger partial charge in [-0.25, -0.2) is 0 Å². The number of nitrogens with zero attached hydrogens (tertiary/aromatic N) is 1. The molecule has 3 heteroatoms. The van der Waals surface area contributed by atoms with Crippen LogP contribution in [0.2, 0.25) is 0 Å². The zero-order chi connectivity index (χ0) is 9.26. The third-order valence-electron chi connectivity index (χ3n) is 2.36. The van der Waals surface area contributed by atoms with E-state index in [0.717, 1.165) is 22.5 Å². The molecule has 1 aromatic rings. The predicted molar refractivity (Wildman–Crippen MR) is 54.2 cm³/mol. The summed E-state index contributed by atoms with van der Waals surface area (Å²) in [5, 5.41) is 9.82. The molecule has 0 spiro atoms. The molecule has 1 N–H and O–H groups in total. The molecule has 0 aliphatic heterocycles. The van der Waals surface area contributed by atoms with Gasteiger partial charge >= 0.3 is 0 Å². The van der Waals surface area contributed by atoms with E-state index in [1.54, 1.807) is 6.20 Å². The van der Waals surface area contributed by atoms with Gasteiger partial charge in [0.1, 0.15) is 0 Å². The van der Waals surface area contributed by atoms with Gasteiger partial charge in [0.2, 0.25) is 0 Å². The van der Waals surface area contributed by atoms with Crippen LogP contribution in [0.15, 0.2) is 22.8 Å². The average molecular weight is 242 g/mol. The van der Waals surface area contributed by atoms with Gasteiger partial charge in [-0.15, -0.1) is 0 Å². The first-order valence-corrected chi connectivity index (χ1v) is 5.35. The Morgan fingerprint density at radius 2 is 2.38 bits per heavy atom. The van der Waals surface area contributed by atoms with E-state index in [1.165, 1.54) is 12.8 Å². The van der Waals surface area contributed by atoms with Crippen LogP contribution in [0.5, 0.6) is 0 Å². The molecule has 0 amide bonds. The number of rotatable bonds is 3. The fourth-order valence-corrected chi connectivity index (χ4v) is 1.94. The summed E-state index contributed by atoms with van der Waals surface area (Å²) in [4.78, 5) is 4.16. The van der Waals surface area contributed by atoms with Gasteiger partial charge in [-0.2, -0.15) is 0 Å². The number of hydrogen-bond acceptors (Lipinski definition) is 2. The lowest BCUT2D eigenvalue weighted by atomic mass is 10.1. The lowest BCUT2D eigenvalue weighted by Crippen LogP contribution is -2.01. The van der Waals surface area contributed by atoms with Gasteiger partial charge in [0, 0.05) is 10.7 Å². The average Bonchev–Trinajstić information content (AvgIpc) is 2.89. The predicted octanol–water partition coefficient (Wildman–Crippen LogP) is 2.68. The first kappa shape index (κ1) is 9.16. The standard InChI is InChI=1S/C10H12BrNO/c11-8-2-1-5-12-10(8)9(13)6-7-3-4-7/h1-2,5,7,9,13H,3-4,6H2. The molecular formula is C10H12BrNO. The summed E-state index contributed by atoms with van der Waals surface area (Å²) in [5.41, 5.74) is 0.773. The van der Waals surface area contributed by atoms with Crippen molar-refractivity contribution in [1.29, 1.82) is 0 Å². The summed E-state index contributed by atoms with van der Waals surface area (Å²) in [7, 11) is 0. The molecular weight excluding hydrogens is 230 g/mol. The van der Waals surface area contributed by atoms with Crippen LogP contribution in [-0.2, 0) is 0 Å². The van der Waals surface area contributed by atoms with Gasteiger partial charge in [0.05, 0.1) is 11.8 Å². The monoisotopic (exact) mass is 241 g/mol. The Morgan fingerprint density at radius 1 is 1.62 bits per heavy atom. The summed E-state index contributed by atoms with van der Waals surface area (Å²) in [5.74, 6) is 0.726. The molecule has 1 unspecified atom stereocenters. The highest BCUT2D eigenvalue weighted by atomic mass is 79.9. The van der Waals surface area contributed by atoms with Crippen LogP contribution in [0.3, 0.4) is 0 Å². The molecule has 1 fully saturated rings. The third-order valence-corrected chi connectivity index (χ3v) is 3.03. The number of hydrogen-bond donors (Lipinski definition) is 1. The summed E-state index contributed by atoms with van der Waals surface area (Å²) >= 11 is 3.38. The molecule has 13 heavy (non-hydrogen) atoms. The van der Waals surface area contributed by atoms with E-state index in [0.29, 0.717) is 0 Å². The van der Waals surface area contributed by atoms with Crippen molar-refractivity contribution in [3.05, 3.63) is 28.5 Å². The highest BCUT2D eigenvalue weighted by Gasteiger charge is 2.26. The van der Waals surface area contributed by atoms with Gasteiger partial charge in [-0.3, -0.25) is 4.98 Å². The lowest BCUT2D eigenvalue weighted by molar-refractivity contribution is 0.155. The molecule has 1 aliphatic carbocycles. The van der Waals surface area contributed by atoms with Gasteiger partial charge < -0.3 is 5.11 Å². The largest absolute Gasteiger partial charge is 0.387 e. The summed E-state index contributed by atoms with van der Waals surface area (Å²) in [6.45, 7) is 0. The Bertz CT molecular complexity index is 299. The molecule has 70 valence electrons. The maximum absolute atomic E-state index is 9.82. The van der Waals surface area contributed by atoms with Crippen LogP contribution >= 0.6 is 15.9 Å². The topological polar surface area (TPSA) is 33.1 Å². The minimum absolute atomic E-state index is 0.400. The van der Waals surface area contributed by atoms with Crippen molar-refractivity contribution in [3.8, 4) is 0 Å². The molecule has 1 aromatic heterocycles. The SMILES string of the molecule is OC(CC1CC1)c1ncccc1Br. The van der Waals surface area contributed by atoms with Crippen LogP contribution in [0.25, 0.3) is 0 Å². The van der Waals surface area contributed by atoms with Crippen molar-refractivity contribution in [1.82, 2.24) is 4.98 Å². The first-order chi connectivity index (χ1) is 6.27. The smallest absolute Gasteiger partial charge is 0.0973 e. The van der Waals surface area contributed by atoms with Crippen molar-refractivity contribution in [3.63, 3.8) is 0 Å². The zero-order valence-electron chi connectivity index (χ0n) is 7.28. The van der Waals surface area contributed by atoms with Gasteiger partial charge in [0.15, 0.2) is 0 Å². The lowest BCUT2D eigenvalue weighted by Gasteiger charge is -2.10. The molecule has 0 bridgehead atoms. The van der Waals surface area contributed by atoms with Gasteiger partial charge in [0.25, 0.3) is 0 Å². The summed E-state index contributed by atoms with van der Waals surface area (Å²) < 4.78 is 0.906. The number of aliphatic hydroxyl groups excluding tert-OH is 1. The second-order valence-electron chi connectivity index (χ2n) is 3.57. The van der Waals surface area contributed by atoms with Crippen LogP contribution in [0, 0.1) is 5.92 Å². The Morgan fingerprint density at radius 3 is 3.00 bits per heavy atom. The number of aromatic nitrogens is 1. The molecule has 1 aliphatic rings. The second kappa shape index (κ2) is 3.76. The number of pyridine rings is 1. The molecule has 2 rings (SSSR count). The van der Waals surface area contributed by atoms with Gasteiger partial charge in [-0.1, -0.05) is 12.8 Å². The van der Waals surface area contributed by atoms with E-state index in [1.807, 2.05) is 12.1 Å². The minimum Gasteiger partial charge on any atom is -0.387 e. The van der Waals surface area contributed by atoms with Crippen molar-refractivity contribution in [2.24, 2.45) is 5.92 Å². The minimum atomic E-state index is -0.400. The maximum Gasteiger partial charge on any atom is 0.0973 e. The quantitative estimate of drug-likeness (QED) is 0.883. The Labute approximate surface area is 86.1 Å². The van der Waals surface area contributed by atoms with Crippen LogP contribution in [0.1, 0.15) is 31.1 Å². The third kappa shape index (κ3) is 2.29. The molecule has 0 saturated heterocycles. The van der Waals surface area contributed by atoms with E-state index in [2.05, 4.69) is 20.9 Å². The fraction of sp³-hybridized carbons (Fsp3) is 0.500. The number of aliphatic hydroxyl groups is 1. The van der Waals surface area contributed by atoms with Crippen LogP contribution in [0.4, 0.5) is 0 Å². The Hall–Kier alpha value is -0.410. The van der Waals surface area contributed by atoms with Crippen molar-refractivity contribution >= 4 is 15.9 Å². The molecule has 0 radical (unpaired) electrons. The van der Waals surface area contributed by atoms with Crippen molar-refractivity contribution < 1.29 is 5.11 Å². The van der Waals surface area contributed by atoms with Crippen LogP contribution < -0.4 is 0 Å². The van der Waals surface area contributed by atoms with E-state index in [-0.39, 0.29) is 0 Å². The summed E-state index contributed by atoms with van der Waals surface area (Å²) in [6.07, 6.45) is 4.71. The maximum atomic E-state index is 9.82. The summed E-state index contributed by atoms with van der Waals surface area (Å²) in [6, 6.07) is 3.77. The fourth-order valence-electron chi connectivity index (χ4n) is 1.42. The highest BCUT2D eigenvalue weighted by Crippen LogP contribution is 2.38. The van der Waals surface area contributed by atoms with E-state index in [4.69, 9.17) is 0 Å². The van der Waals surface area contributed by atoms with Crippen LogP contribution in [-0.4, -0.2) is 10.1 Å². The molecule has 1 saturated carbocycles. The van der Waals surface area contributed by atoms with Gasteiger partial charge in [-0.05, 0) is 40.4 Å². The zero-order valence-corrected chi connectivity index (χ0v) is 8.87. The van der Waals surface area contributed by atoms with E-state index >= 15 is 0 Å². The van der Waals surface area contributed by atoms with E-state index < -0.39 is 6.10 Å². The molecule has 2 nitrogen and oxygen atoms in total. The normalized spacial score (nSPS) is 18.6. The molecule has 0 aromatic carbocycles. The Balaban J connectivity index is 2.09. The number of halogens is 1. The molecule has 1 heterocycles. The first-order valence-electron chi connectivity index (χ1n) is 4.56. The Kier molecular flexibility index (Phi) is 2.65. The molecule has 1 atom stereocenters. The second-order valence-corrected chi connectivity index (χ2v) is 4.42. The van der Waals surface area contributed by atoms with Crippen molar-refractivity contribution in [2.75, 3.05) is 0 Å². The van der Waals surface area contributed by atoms with Crippen molar-refractivity contribution in [2.45, 2.75) is 25.4 Å². The highest BCUT2D eigenvalue weighted by molar-refractivity contribution is 9.10. The van der Waals surface area contributed by atoms with E-state index in [9.17, 15) is 5.11 Å².